The number of aliphatic carboxylic acids is 1. The Kier molecular flexibility index (Phi) is 12.4. The normalized spacial score (nSPS) is 12.1. The molecule has 0 aromatic heterocycles. The number of hydrogen-bond acceptors (Lipinski definition) is 6. The van der Waals surface area contributed by atoms with Gasteiger partial charge in [0.2, 0.25) is 0 Å². The van der Waals surface area contributed by atoms with Gasteiger partial charge in [0, 0.05) is 13.1 Å². The Hall–Kier alpha value is -1.42. The van der Waals surface area contributed by atoms with Gasteiger partial charge in [-0.1, -0.05) is 0 Å². The highest BCUT2D eigenvalue weighted by Crippen LogP contribution is 2.00. The SMILES string of the molecule is NCCCNC(CCCN(CCCN)C(=O)O)NCC(=O)O. The molecule has 9 nitrogen and oxygen atoms in total. The zero-order valence-electron chi connectivity index (χ0n) is 13.0. The maximum absolute atomic E-state index is 11.1. The van der Waals surface area contributed by atoms with Crippen LogP contribution in [-0.2, 0) is 4.79 Å². The number of hydrogen-bond donors (Lipinski definition) is 6. The standard InChI is InChI=1S/C13H29N5O4/c14-5-2-7-16-11(17-10-12(19)20)4-1-8-18(13(21)22)9-3-6-15/h11,16-17H,1-10,14-15H2,(H,19,20)(H,21,22). The number of rotatable bonds is 14. The predicted molar refractivity (Wildman–Crippen MR) is 83.6 cm³/mol. The lowest BCUT2D eigenvalue weighted by molar-refractivity contribution is -0.136. The van der Waals surface area contributed by atoms with Crippen LogP contribution in [0.5, 0.6) is 0 Å². The van der Waals surface area contributed by atoms with Crippen LogP contribution in [0.1, 0.15) is 25.7 Å². The molecule has 0 aliphatic heterocycles. The van der Waals surface area contributed by atoms with E-state index >= 15 is 0 Å². The summed E-state index contributed by atoms with van der Waals surface area (Å²) in [4.78, 5) is 23.0. The van der Waals surface area contributed by atoms with Crippen molar-refractivity contribution < 1.29 is 19.8 Å². The number of nitrogens with zero attached hydrogens (tertiary/aromatic N) is 1. The van der Waals surface area contributed by atoms with Gasteiger partial charge in [0.25, 0.3) is 0 Å². The molecular formula is C13H29N5O4. The van der Waals surface area contributed by atoms with E-state index in [2.05, 4.69) is 10.6 Å². The quantitative estimate of drug-likeness (QED) is 0.177. The van der Waals surface area contributed by atoms with E-state index in [1.54, 1.807) is 0 Å². The molecule has 0 aliphatic carbocycles. The molecule has 0 bridgehead atoms. The van der Waals surface area contributed by atoms with Crippen LogP contribution in [0.2, 0.25) is 0 Å². The van der Waals surface area contributed by atoms with Crippen LogP contribution in [-0.4, -0.2) is 72.6 Å². The van der Waals surface area contributed by atoms with E-state index in [-0.39, 0.29) is 12.7 Å². The summed E-state index contributed by atoms with van der Waals surface area (Å²) in [7, 11) is 0. The molecule has 9 heteroatoms. The first-order valence-electron chi connectivity index (χ1n) is 7.57. The van der Waals surface area contributed by atoms with Crippen LogP contribution in [0.4, 0.5) is 4.79 Å². The van der Waals surface area contributed by atoms with Gasteiger partial charge in [0.05, 0.1) is 12.7 Å². The lowest BCUT2D eigenvalue weighted by atomic mass is 10.2. The highest BCUT2D eigenvalue weighted by atomic mass is 16.4. The van der Waals surface area contributed by atoms with Crippen molar-refractivity contribution in [3.63, 3.8) is 0 Å². The van der Waals surface area contributed by atoms with E-state index in [9.17, 15) is 9.59 Å². The molecule has 22 heavy (non-hydrogen) atoms. The average molecular weight is 319 g/mol. The van der Waals surface area contributed by atoms with Gasteiger partial charge in [0.15, 0.2) is 0 Å². The number of carboxylic acid groups (broad SMARTS) is 2. The van der Waals surface area contributed by atoms with Crippen LogP contribution in [0.25, 0.3) is 0 Å². The second kappa shape index (κ2) is 13.3. The topological polar surface area (TPSA) is 154 Å². The van der Waals surface area contributed by atoms with Crippen molar-refractivity contribution in [2.75, 3.05) is 39.3 Å². The summed E-state index contributed by atoms with van der Waals surface area (Å²) >= 11 is 0. The zero-order valence-corrected chi connectivity index (χ0v) is 13.0. The fourth-order valence-corrected chi connectivity index (χ4v) is 1.94. The van der Waals surface area contributed by atoms with E-state index in [0.717, 1.165) is 6.42 Å². The Morgan fingerprint density at radius 3 is 2.18 bits per heavy atom. The zero-order chi connectivity index (χ0) is 16.8. The number of carbonyl (C=O) groups is 2. The Balaban J connectivity index is 4.15. The predicted octanol–water partition coefficient (Wildman–Crippen LogP) is -0.966. The van der Waals surface area contributed by atoms with E-state index in [0.29, 0.717) is 52.0 Å². The molecule has 130 valence electrons. The highest BCUT2D eigenvalue weighted by molar-refractivity contribution is 5.69. The maximum atomic E-state index is 11.1. The first-order chi connectivity index (χ1) is 10.5. The van der Waals surface area contributed by atoms with Gasteiger partial charge in [-0.15, -0.1) is 0 Å². The van der Waals surface area contributed by atoms with Crippen molar-refractivity contribution in [2.24, 2.45) is 11.5 Å². The summed E-state index contributed by atoms with van der Waals surface area (Å²) in [5.74, 6) is -0.930. The van der Waals surface area contributed by atoms with Crippen molar-refractivity contribution in [3.05, 3.63) is 0 Å². The number of nitrogens with two attached hydrogens (primary N) is 2. The molecular weight excluding hydrogens is 290 g/mol. The van der Waals surface area contributed by atoms with Crippen LogP contribution in [0.15, 0.2) is 0 Å². The molecule has 1 unspecified atom stereocenters. The molecule has 1 amide bonds. The summed E-state index contributed by atoms with van der Waals surface area (Å²) in [6, 6.07) is 0. The Labute approximate surface area is 131 Å². The van der Waals surface area contributed by atoms with Crippen molar-refractivity contribution in [1.82, 2.24) is 15.5 Å². The van der Waals surface area contributed by atoms with E-state index in [1.807, 2.05) is 0 Å². The molecule has 1 atom stereocenters. The third-order valence-electron chi connectivity index (χ3n) is 3.09. The Bertz CT molecular complexity index is 317. The Morgan fingerprint density at radius 2 is 1.64 bits per heavy atom. The molecule has 0 aromatic carbocycles. The minimum Gasteiger partial charge on any atom is -0.480 e. The largest absolute Gasteiger partial charge is 0.480 e. The van der Waals surface area contributed by atoms with Crippen molar-refractivity contribution >= 4 is 12.1 Å². The van der Waals surface area contributed by atoms with Crippen LogP contribution >= 0.6 is 0 Å². The van der Waals surface area contributed by atoms with Crippen molar-refractivity contribution in [1.29, 1.82) is 0 Å². The van der Waals surface area contributed by atoms with Crippen molar-refractivity contribution in [3.8, 4) is 0 Å². The summed E-state index contributed by atoms with van der Waals surface area (Å²) in [6.45, 7) is 2.37. The minimum atomic E-state index is -0.959. The fraction of sp³-hybridized carbons (Fsp3) is 0.846. The molecule has 0 fully saturated rings. The van der Waals surface area contributed by atoms with Crippen LogP contribution < -0.4 is 22.1 Å². The number of amides is 1. The van der Waals surface area contributed by atoms with Crippen LogP contribution in [0, 0.1) is 0 Å². The van der Waals surface area contributed by atoms with Crippen molar-refractivity contribution in [2.45, 2.75) is 31.8 Å². The molecule has 0 rings (SSSR count). The van der Waals surface area contributed by atoms with Gasteiger partial charge in [-0.25, -0.2) is 4.79 Å². The number of carboxylic acids is 1. The van der Waals surface area contributed by atoms with E-state index in [4.69, 9.17) is 21.7 Å². The van der Waals surface area contributed by atoms with E-state index in [1.165, 1.54) is 4.90 Å². The summed E-state index contributed by atoms with van der Waals surface area (Å²) in [6.07, 6.45) is 1.55. The van der Waals surface area contributed by atoms with Gasteiger partial charge >= 0.3 is 12.1 Å². The third-order valence-corrected chi connectivity index (χ3v) is 3.09. The molecule has 0 aliphatic rings. The van der Waals surface area contributed by atoms with Gasteiger partial charge in [-0.2, -0.15) is 0 Å². The monoisotopic (exact) mass is 319 g/mol. The summed E-state index contributed by atoms with van der Waals surface area (Å²) in [5, 5.41) is 23.9. The van der Waals surface area contributed by atoms with Gasteiger partial charge < -0.3 is 31.9 Å². The molecule has 0 spiro atoms. The first kappa shape index (κ1) is 20.6. The first-order valence-corrected chi connectivity index (χ1v) is 7.57. The highest BCUT2D eigenvalue weighted by Gasteiger charge is 2.13. The molecule has 0 aromatic rings. The average Bonchev–Trinajstić information content (AvgIpc) is 2.47. The summed E-state index contributed by atoms with van der Waals surface area (Å²) in [5.41, 5.74) is 10.8. The molecule has 0 heterocycles. The third kappa shape index (κ3) is 11.3. The summed E-state index contributed by atoms with van der Waals surface area (Å²) < 4.78 is 0. The molecule has 0 saturated carbocycles. The van der Waals surface area contributed by atoms with Gasteiger partial charge in [0.1, 0.15) is 0 Å². The number of nitrogens with one attached hydrogen (secondary N) is 2. The smallest absolute Gasteiger partial charge is 0.407 e. The Morgan fingerprint density at radius 1 is 1.00 bits per heavy atom. The molecule has 0 saturated heterocycles. The maximum Gasteiger partial charge on any atom is 0.407 e. The van der Waals surface area contributed by atoms with Gasteiger partial charge in [-0.05, 0) is 45.3 Å². The minimum absolute atomic E-state index is 0.143. The second-order valence-electron chi connectivity index (χ2n) is 4.98. The molecule has 0 radical (unpaired) electrons. The lowest BCUT2D eigenvalue weighted by Gasteiger charge is -2.22. The molecule has 8 N–H and O–H groups in total. The second-order valence-corrected chi connectivity index (χ2v) is 4.98. The van der Waals surface area contributed by atoms with E-state index < -0.39 is 12.1 Å². The fourth-order valence-electron chi connectivity index (χ4n) is 1.94. The lowest BCUT2D eigenvalue weighted by Crippen LogP contribution is -2.45. The van der Waals surface area contributed by atoms with Gasteiger partial charge in [-0.3, -0.25) is 10.1 Å². The van der Waals surface area contributed by atoms with Crippen LogP contribution in [0.3, 0.4) is 0 Å².